The van der Waals surface area contributed by atoms with Crippen LogP contribution < -0.4 is 10.2 Å². The molecule has 2 aromatic carbocycles. The van der Waals surface area contributed by atoms with E-state index in [1.165, 1.54) is 6.21 Å². The van der Waals surface area contributed by atoms with Crippen molar-refractivity contribution < 1.29 is 9.53 Å². The second-order valence-corrected chi connectivity index (χ2v) is 6.69. The van der Waals surface area contributed by atoms with E-state index in [4.69, 9.17) is 39.5 Å². The molecule has 2 aromatic rings. The molecule has 0 saturated heterocycles. The fourth-order valence-electron chi connectivity index (χ4n) is 2.12. The highest BCUT2D eigenvalue weighted by molar-refractivity contribution is 6.38. The summed E-state index contributed by atoms with van der Waals surface area (Å²) in [5.74, 6) is 0.171. The molecule has 1 N–H and O–H groups in total. The van der Waals surface area contributed by atoms with E-state index >= 15 is 0 Å². The second kappa shape index (κ2) is 8.56. The largest absolute Gasteiger partial charge is 0.481 e. The van der Waals surface area contributed by atoms with Crippen LogP contribution in [-0.4, -0.2) is 18.2 Å². The number of hydrogen-bond donors (Lipinski definition) is 1. The minimum absolute atomic E-state index is 0.398. The molecule has 7 heteroatoms. The van der Waals surface area contributed by atoms with E-state index in [1.54, 1.807) is 37.3 Å². The second-order valence-electron chi connectivity index (χ2n) is 5.50. The lowest BCUT2D eigenvalue weighted by Gasteiger charge is -2.15. The quantitative estimate of drug-likeness (QED) is 0.556. The number of carbonyl (C=O) groups excluding carboxylic acids is 1. The predicted octanol–water partition coefficient (Wildman–Crippen LogP) is 5.18. The van der Waals surface area contributed by atoms with E-state index in [0.717, 1.165) is 11.1 Å². The van der Waals surface area contributed by atoms with Gasteiger partial charge in [-0.25, -0.2) is 5.43 Å². The van der Waals surface area contributed by atoms with Gasteiger partial charge in [-0.1, -0.05) is 40.9 Å². The van der Waals surface area contributed by atoms with Gasteiger partial charge in [-0.05, 0) is 56.2 Å². The van der Waals surface area contributed by atoms with E-state index in [-0.39, 0.29) is 0 Å². The zero-order valence-electron chi connectivity index (χ0n) is 13.9. The van der Waals surface area contributed by atoms with Crippen LogP contribution >= 0.6 is 34.8 Å². The lowest BCUT2D eigenvalue weighted by atomic mass is 10.1. The highest BCUT2D eigenvalue weighted by Crippen LogP contribution is 2.26. The van der Waals surface area contributed by atoms with Crippen molar-refractivity contribution in [1.82, 2.24) is 5.43 Å². The summed E-state index contributed by atoms with van der Waals surface area (Å²) in [5.41, 5.74) is 4.71. The number of halogens is 3. The normalized spacial score (nSPS) is 12.2. The summed E-state index contributed by atoms with van der Waals surface area (Å²) in [6, 6.07) is 8.67. The molecular formula is C18H17Cl3N2O2. The number of nitrogens with one attached hydrogen (secondary N) is 1. The fourth-order valence-corrected chi connectivity index (χ4v) is 2.72. The monoisotopic (exact) mass is 398 g/mol. The van der Waals surface area contributed by atoms with Gasteiger partial charge in [0.1, 0.15) is 5.75 Å². The van der Waals surface area contributed by atoms with Gasteiger partial charge in [-0.3, -0.25) is 4.79 Å². The predicted molar refractivity (Wildman–Crippen MR) is 103 cm³/mol. The van der Waals surface area contributed by atoms with Gasteiger partial charge in [-0.2, -0.15) is 5.10 Å². The third-order valence-electron chi connectivity index (χ3n) is 3.46. The molecule has 0 aliphatic carbocycles. The van der Waals surface area contributed by atoms with Crippen LogP contribution in [0.25, 0.3) is 0 Å². The van der Waals surface area contributed by atoms with Crippen LogP contribution in [0.5, 0.6) is 5.75 Å². The van der Waals surface area contributed by atoms with Crippen molar-refractivity contribution in [2.45, 2.75) is 26.9 Å². The SMILES string of the molecule is Cc1cc(OC(C)C(=O)N/N=C/c2c(Cl)cccc2Cl)cc(C)c1Cl. The Morgan fingerprint density at radius 2 is 1.72 bits per heavy atom. The van der Waals surface area contributed by atoms with Crippen LogP contribution in [0.15, 0.2) is 35.4 Å². The van der Waals surface area contributed by atoms with Gasteiger partial charge < -0.3 is 4.74 Å². The Bertz CT molecular complexity index is 779. The third kappa shape index (κ3) is 5.11. The Labute approximate surface area is 161 Å². The molecule has 0 radical (unpaired) electrons. The lowest BCUT2D eigenvalue weighted by molar-refractivity contribution is -0.127. The molecule has 0 aromatic heterocycles. The molecule has 0 heterocycles. The summed E-state index contributed by atoms with van der Waals surface area (Å²) in [6.45, 7) is 5.39. The Morgan fingerprint density at radius 1 is 1.16 bits per heavy atom. The van der Waals surface area contributed by atoms with E-state index in [9.17, 15) is 4.79 Å². The minimum Gasteiger partial charge on any atom is -0.481 e. The Hall–Kier alpha value is -1.75. The molecule has 0 aliphatic heterocycles. The van der Waals surface area contributed by atoms with Gasteiger partial charge in [0, 0.05) is 10.6 Å². The van der Waals surface area contributed by atoms with Crippen LogP contribution in [-0.2, 0) is 4.79 Å². The molecule has 25 heavy (non-hydrogen) atoms. The summed E-state index contributed by atoms with van der Waals surface area (Å²) >= 11 is 18.2. The van der Waals surface area contributed by atoms with Gasteiger partial charge in [0.25, 0.3) is 5.91 Å². The first-order valence-electron chi connectivity index (χ1n) is 7.50. The molecule has 1 amide bonds. The van der Waals surface area contributed by atoms with Crippen LogP contribution in [0.4, 0.5) is 0 Å². The Morgan fingerprint density at radius 3 is 2.28 bits per heavy atom. The van der Waals surface area contributed by atoms with Crippen molar-refractivity contribution in [3.63, 3.8) is 0 Å². The van der Waals surface area contributed by atoms with Gasteiger partial charge in [0.15, 0.2) is 6.10 Å². The first-order valence-corrected chi connectivity index (χ1v) is 8.63. The van der Waals surface area contributed by atoms with Crippen molar-refractivity contribution in [3.05, 3.63) is 62.1 Å². The van der Waals surface area contributed by atoms with Gasteiger partial charge >= 0.3 is 0 Å². The molecule has 1 unspecified atom stereocenters. The van der Waals surface area contributed by atoms with Gasteiger partial charge in [0.2, 0.25) is 0 Å². The summed E-state index contributed by atoms with van der Waals surface area (Å²) in [4.78, 5) is 12.1. The number of hydrogen-bond acceptors (Lipinski definition) is 3. The number of ether oxygens (including phenoxy) is 1. The zero-order chi connectivity index (χ0) is 18.6. The highest BCUT2D eigenvalue weighted by atomic mass is 35.5. The molecule has 0 spiro atoms. The number of carbonyl (C=O) groups is 1. The minimum atomic E-state index is -0.737. The number of aryl methyl sites for hydroxylation is 2. The Balaban J connectivity index is 2.00. The van der Waals surface area contributed by atoms with Crippen molar-refractivity contribution in [3.8, 4) is 5.75 Å². The first-order chi connectivity index (χ1) is 11.8. The average molecular weight is 400 g/mol. The maximum atomic E-state index is 12.1. The third-order valence-corrected chi connectivity index (χ3v) is 4.72. The molecule has 2 rings (SSSR count). The molecule has 0 fully saturated rings. The zero-order valence-corrected chi connectivity index (χ0v) is 16.2. The number of rotatable bonds is 5. The van der Waals surface area contributed by atoms with Crippen LogP contribution in [0.1, 0.15) is 23.6 Å². The molecule has 4 nitrogen and oxygen atoms in total. The standard InChI is InChI=1S/C18H17Cl3N2O2/c1-10-7-13(8-11(2)17(10)21)25-12(3)18(24)23-22-9-14-15(19)5-4-6-16(14)20/h4-9,12H,1-3H3,(H,23,24)/b22-9+. The topological polar surface area (TPSA) is 50.7 Å². The summed E-state index contributed by atoms with van der Waals surface area (Å²) < 4.78 is 5.65. The first kappa shape index (κ1) is 19.6. The highest BCUT2D eigenvalue weighted by Gasteiger charge is 2.15. The molecular weight excluding hydrogens is 383 g/mol. The van der Waals surface area contributed by atoms with E-state index < -0.39 is 12.0 Å². The maximum absolute atomic E-state index is 12.1. The van der Waals surface area contributed by atoms with Gasteiger partial charge in [0.05, 0.1) is 16.3 Å². The Kier molecular flexibility index (Phi) is 6.71. The molecule has 1 atom stereocenters. The molecule has 0 aliphatic rings. The molecule has 132 valence electrons. The van der Waals surface area contributed by atoms with Crippen molar-refractivity contribution in [2.24, 2.45) is 5.10 Å². The van der Waals surface area contributed by atoms with Crippen LogP contribution in [0.2, 0.25) is 15.1 Å². The molecule has 0 bridgehead atoms. The van der Waals surface area contributed by atoms with Crippen molar-refractivity contribution in [1.29, 1.82) is 0 Å². The maximum Gasteiger partial charge on any atom is 0.280 e. The van der Waals surface area contributed by atoms with Crippen molar-refractivity contribution >= 4 is 46.9 Å². The number of nitrogens with zero attached hydrogens (tertiary/aromatic N) is 1. The number of benzene rings is 2. The van der Waals surface area contributed by atoms with Crippen LogP contribution in [0, 0.1) is 13.8 Å². The summed E-state index contributed by atoms with van der Waals surface area (Å²) in [7, 11) is 0. The van der Waals surface area contributed by atoms with Gasteiger partial charge in [-0.15, -0.1) is 0 Å². The average Bonchev–Trinajstić information content (AvgIpc) is 2.55. The summed E-state index contributed by atoms with van der Waals surface area (Å²) in [6.07, 6.45) is 0.658. The van der Waals surface area contributed by atoms with E-state index in [1.807, 2.05) is 13.8 Å². The fraction of sp³-hybridized carbons (Fsp3) is 0.222. The van der Waals surface area contributed by atoms with Crippen molar-refractivity contribution in [2.75, 3.05) is 0 Å². The van der Waals surface area contributed by atoms with Crippen LogP contribution in [0.3, 0.4) is 0 Å². The number of amides is 1. The summed E-state index contributed by atoms with van der Waals surface area (Å²) in [5, 5.41) is 5.46. The molecule has 0 saturated carbocycles. The number of hydrazone groups is 1. The van der Waals surface area contributed by atoms with E-state index in [0.29, 0.717) is 26.4 Å². The van der Waals surface area contributed by atoms with E-state index in [2.05, 4.69) is 10.5 Å². The smallest absolute Gasteiger partial charge is 0.280 e. The lowest BCUT2D eigenvalue weighted by Crippen LogP contribution is -2.33.